The third-order valence-electron chi connectivity index (χ3n) is 4.22. The minimum absolute atomic E-state index is 0.510. The van der Waals surface area contributed by atoms with Crippen LogP contribution in [0.15, 0.2) is 42.5 Å². The van der Waals surface area contributed by atoms with Gasteiger partial charge in [0.2, 0.25) is 5.65 Å². The van der Waals surface area contributed by atoms with Gasteiger partial charge < -0.3 is 14.2 Å². The Morgan fingerprint density at radius 3 is 2.28 bits per heavy atom. The number of rotatable bonds is 4. The van der Waals surface area contributed by atoms with Crippen LogP contribution in [-0.4, -0.2) is 41.5 Å². The van der Waals surface area contributed by atoms with Crippen molar-refractivity contribution < 1.29 is 14.2 Å². The zero-order chi connectivity index (χ0) is 17.4. The number of benzene rings is 2. The van der Waals surface area contributed by atoms with Gasteiger partial charge in [-0.05, 0) is 24.3 Å². The fraction of sp³-hybridized carbons (Fsp3) is 0.222. The zero-order valence-corrected chi connectivity index (χ0v) is 14.1. The van der Waals surface area contributed by atoms with Gasteiger partial charge in [0, 0.05) is 32.3 Å². The number of hydrogen-bond donors (Lipinski definition) is 0. The van der Waals surface area contributed by atoms with Crippen molar-refractivity contribution in [3.05, 3.63) is 48.0 Å². The molecule has 126 valence electrons. The molecule has 0 bridgehead atoms. The van der Waals surface area contributed by atoms with Crippen LogP contribution in [0, 0.1) is 0 Å². The normalized spacial score (nSPS) is 12.3. The largest absolute Gasteiger partial charge is 0.327 e. The molecule has 0 fully saturated rings. The zero-order valence-electron chi connectivity index (χ0n) is 14.1. The van der Waals surface area contributed by atoms with Crippen LogP contribution in [0.2, 0.25) is 0 Å². The second kappa shape index (κ2) is 5.96. The van der Waals surface area contributed by atoms with E-state index in [9.17, 15) is 0 Å². The highest BCUT2D eigenvalue weighted by Gasteiger charge is 2.32. The van der Waals surface area contributed by atoms with Crippen molar-refractivity contribution in [2.45, 2.75) is 5.97 Å². The number of nitrogens with zero attached hydrogens (tertiary/aromatic N) is 4. The quantitative estimate of drug-likeness (QED) is 0.322. The summed E-state index contributed by atoms with van der Waals surface area (Å²) in [5, 5.41) is 9.29. The molecule has 0 aliphatic rings. The van der Waals surface area contributed by atoms with Crippen LogP contribution in [0.25, 0.3) is 33.1 Å². The molecule has 7 nitrogen and oxygen atoms in total. The van der Waals surface area contributed by atoms with E-state index in [-0.39, 0.29) is 0 Å². The maximum Gasteiger partial charge on any atom is 0.311 e. The minimum atomic E-state index is -1.29. The number of aromatic nitrogens is 4. The summed E-state index contributed by atoms with van der Waals surface area (Å²) < 4.78 is 16.2. The lowest BCUT2D eigenvalue weighted by atomic mass is 10.1. The van der Waals surface area contributed by atoms with Gasteiger partial charge in [0.15, 0.2) is 0 Å². The highest BCUT2D eigenvalue weighted by Crippen LogP contribution is 2.29. The van der Waals surface area contributed by atoms with Gasteiger partial charge in [-0.15, -0.1) is 10.2 Å². The van der Waals surface area contributed by atoms with Crippen molar-refractivity contribution >= 4 is 33.1 Å². The molecule has 0 radical (unpaired) electrons. The number of ether oxygens (including phenoxy) is 3. The first-order chi connectivity index (χ1) is 12.2. The van der Waals surface area contributed by atoms with Crippen molar-refractivity contribution in [3.8, 4) is 0 Å². The maximum atomic E-state index is 5.41. The van der Waals surface area contributed by atoms with E-state index in [1.807, 2.05) is 42.5 Å². The number of methoxy groups -OCH3 is 3. The van der Waals surface area contributed by atoms with Gasteiger partial charge in [-0.1, -0.05) is 18.2 Å². The van der Waals surface area contributed by atoms with Crippen LogP contribution in [0.5, 0.6) is 0 Å². The molecule has 0 amide bonds. The fourth-order valence-electron chi connectivity index (χ4n) is 2.95. The van der Waals surface area contributed by atoms with Crippen LogP contribution in [0.3, 0.4) is 0 Å². The van der Waals surface area contributed by atoms with E-state index >= 15 is 0 Å². The molecule has 4 rings (SSSR count). The highest BCUT2D eigenvalue weighted by molar-refractivity contribution is 6.02. The second-order valence-electron chi connectivity index (χ2n) is 5.49. The molecule has 0 aliphatic carbocycles. The van der Waals surface area contributed by atoms with Crippen LogP contribution >= 0.6 is 0 Å². The summed E-state index contributed by atoms with van der Waals surface area (Å²) in [5.74, 6) is -1.29. The topological polar surface area (TPSA) is 79.2 Å². The molecular weight excluding hydrogens is 320 g/mol. The molecule has 0 aliphatic heterocycles. The van der Waals surface area contributed by atoms with E-state index in [1.54, 1.807) is 0 Å². The first kappa shape index (κ1) is 15.8. The van der Waals surface area contributed by atoms with E-state index in [4.69, 9.17) is 19.2 Å². The molecule has 2 heterocycles. The SMILES string of the molecule is COC(OC)(OC)c1ccc2nc3nnc4ccccc4c3nc2c1. The summed E-state index contributed by atoms with van der Waals surface area (Å²) in [4.78, 5) is 9.32. The number of hydrogen-bond acceptors (Lipinski definition) is 7. The first-order valence-corrected chi connectivity index (χ1v) is 7.69. The molecule has 0 saturated heterocycles. The summed E-state index contributed by atoms with van der Waals surface area (Å²) in [5.41, 5.74) is 4.08. The van der Waals surface area contributed by atoms with E-state index in [0.717, 1.165) is 10.9 Å². The fourth-order valence-corrected chi connectivity index (χ4v) is 2.95. The lowest BCUT2D eigenvalue weighted by Gasteiger charge is -2.28. The van der Waals surface area contributed by atoms with Crippen molar-refractivity contribution in [1.29, 1.82) is 0 Å². The predicted molar refractivity (Wildman–Crippen MR) is 92.8 cm³/mol. The van der Waals surface area contributed by atoms with Gasteiger partial charge in [-0.3, -0.25) is 0 Å². The van der Waals surface area contributed by atoms with Crippen molar-refractivity contribution in [1.82, 2.24) is 20.2 Å². The molecule has 2 aromatic heterocycles. The maximum absolute atomic E-state index is 5.41. The monoisotopic (exact) mass is 336 g/mol. The standard InChI is InChI=1S/C18H16N4O3/c1-23-18(24-2,25-3)11-8-9-14-15(10-11)19-16-12-6-4-5-7-13(12)21-22-17(16)20-14/h4-10H,1-3H3. The number of fused-ring (bicyclic) bond motifs is 4. The van der Waals surface area contributed by atoms with E-state index in [0.29, 0.717) is 27.8 Å². The van der Waals surface area contributed by atoms with Gasteiger partial charge in [0.25, 0.3) is 0 Å². The van der Waals surface area contributed by atoms with Gasteiger partial charge in [-0.2, -0.15) is 0 Å². The Morgan fingerprint density at radius 1 is 0.760 bits per heavy atom. The lowest BCUT2D eigenvalue weighted by Crippen LogP contribution is -2.32. The Morgan fingerprint density at radius 2 is 1.52 bits per heavy atom. The Labute approximate surface area is 143 Å². The predicted octanol–water partition coefficient (Wildman–Crippen LogP) is 2.78. The molecule has 0 saturated carbocycles. The Hall–Kier alpha value is -2.74. The average molecular weight is 336 g/mol. The Bertz CT molecular complexity index is 1070. The Kier molecular flexibility index (Phi) is 3.76. The van der Waals surface area contributed by atoms with Crippen LogP contribution in [0.1, 0.15) is 5.56 Å². The molecule has 7 heteroatoms. The molecule has 2 aromatic carbocycles. The van der Waals surface area contributed by atoms with Gasteiger partial charge in [0.05, 0.1) is 16.6 Å². The minimum Gasteiger partial charge on any atom is -0.327 e. The van der Waals surface area contributed by atoms with Gasteiger partial charge >= 0.3 is 5.97 Å². The summed E-state index contributed by atoms with van der Waals surface area (Å²) in [7, 11) is 4.56. The van der Waals surface area contributed by atoms with Gasteiger partial charge in [0.1, 0.15) is 5.52 Å². The first-order valence-electron chi connectivity index (χ1n) is 7.69. The summed E-state index contributed by atoms with van der Waals surface area (Å²) >= 11 is 0. The van der Waals surface area contributed by atoms with Crippen LogP contribution < -0.4 is 0 Å². The summed E-state index contributed by atoms with van der Waals surface area (Å²) in [6.45, 7) is 0. The van der Waals surface area contributed by atoms with Crippen molar-refractivity contribution in [3.63, 3.8) is 0 Å². The highest BCUT2D eigenvalue weighted by atomic mass is 16.9. The molecule has 0 atom stereocenters. The third kappa shape index (κ3) is 2.41. The average Bonchev–Trinajstić information content (AvgIpc) is 2.68. The van der Waals surface area contributed by atoms with E-state index in [2.05, 4.69) is 15.2 Å². The van der Waals surface area contributed by atoms with E-state index in [1.165, 1.54) is 21.3 Å². The van der Waals surface area contributed by atoms with Gasteiger partial charge in [-0.25, -0.2) is 9.97 Å². The van der Waals surface area contributed by atoms with Crippen LogP contribution in [0.4, 0.5) is 0 Å². The van der Waals surface area contributed by atoms with Crippen molar-refractivity contribution in [2.24, 2.45) is 0 Å². The summed E-state index contributed by atoms with van der Waals surface area (Å²) in [6.07, 6.45) is 0. The lowest BCUT2D eigenvalue weighted by molar-refractivity contribution is -0.364. The molecule has 0 unspecified atom stereocenters. The Balaban J connectivity index is 2.01. The van der Waals surface area contributed by atoms with E-state index < -0.39 is 5.97 Å². The second-order valence-corrected chi connectivity index (χ2v) is 5.49. The third-order valence-corrected chi connectivity index (χ3v) is 4.22. The molecule has 25 heavy (non-hydrogen) atoms. The summed E-state index contributed by atoms with van der Waals surface area (Å²) in [6, 6.07) is 13.2. The molecule has 0 N–H and O–H groups in total. The molecule has 4 aromatic rings. The molecule has 0 spiro atoms. The smallest absolute Gasteiger partial charge is 0.311 e. The van der Waals surface area contributed by atoms with Crippen molar-refractivity contribution in [2.75, 3.05) is 21.3 Å². The van der Waals surface area contributed by atoms with Crippen LogP contribution in [-0.2, 0) is 20.2 Å². The molecular formula is C18H16N4O3.